The first-order valence-electron chi connectivity index (χ1n) is 6.20. The second-order valence-electron chi connectivity index (χ2n) is 4.42. The fraction of sp³-hybridized carbons (Fsp3) is 0.133. The maximum Gasteiger partial charge on any atom is 0.155 e. The van der Waals surface area contributed by atoms with Gasteiger partial charge in [0.15, 0.2) is 5.82 Å². The molecule has 0 saturated heterocycles. The summed E-state index contributed by atoms with van der Waals surface area (Å²) in [6, 6.07) is 7.86. The number of anilines is 1. The topological polar surface area (TPSA) is 55.6 Å². The first-order chi connectivity index (χ1) is 9.78. The summed E-state index contributed by atoms with van der Waals surface area (Å²) in [5.74, 6) is 3.40. The molecule has 0 spiro atoms. The predicted octanol–water partition coefficient (Wildman–Crippen LogP) is 1.96. The Morgan fingerprint density at radius 1 is 1.35 bits per heavy atom. The van der Waals surface area contributed by atoms with Crippen molar-refractivity contribution < 1.29 is 0 Å². The Hall–Kier alpha value is -2.87. The van der Waals surface area contributed by atoms with Crippen LogP contribution >= 0.6 is 0 Å². The van der Waals surface area contributed by atoms with E-state index in [4.69, 9.17) is 6.42 Å². The van der Waals surface area contributed by atoms with E-state index in [0.717, 1.165) is 28.0 Å². The molecule has 3 aromatic rings. The van der Waals surface area contributed by atoms with Crippen molar-refractivity contribution in [2.75, 3.05) is 5.32 Å². The van der Waals surface area contributed by atoms with Gasteiger partial charge in [0.05, 0.1) is 6.20 Å². The molecule has 0 amide bonds. The number of nitrogens with zero attached hydrogens (tertiary/aromatic N) is 4. The molecule has 3 rings (SSSR count). The summed E-state index contributed by atoms with van der Waals surface area (Å²) in [6.45, 7) is 0.646. The lowest BCUT2D eigenvalue weighted by Crippen LogP contribution is -2.04. The van der Waals surface area contributed by atoms with Crippen molar-refractivity contribution in [3.05, 3.63) is 47.9 Å². The Labute approximate surface area is 116 Å². The second kappa shape index (κ2) is 5.02. The molecule has 1 N–H and O–H groups in total. The van der Waals surface area contributed by atoms with E-state index in [1.54, 1.807) is 10.9 Å². The lowest BCUT2D eigenvalue weighted by molar-refractivity contribution is 0.795. The van der Waals surface area contributed by atoms with E-state index in [1.807, 2.05) is 31.3 Å². The van der Waals surface area contributed by atoms with Crippen LogP contribution in [0, 0.1) is 12.3 Å². The third-order valence-corrected chi connectivity index (χ3v) is 3.08. The van der Waals surface area contributed by atoms with Crippen LogP contribution in [-0.2, 0) is 13.6 Å². The minimum absolute atomic E-state index is 0.646. The van der Waals surface area contributed by atoms with Gasteiger partial charge in [-0.3, -0.25) is 4.68 Å². The first kappa shape index (κ1) is 12.2. The van der Waals surface area contributed by atoms with Gasteiger partial charge < -0.3 is 5.32 Å². The minimum Gasteiger partial charge on any atom is -0.364 e. The van der Waals surface area contributed by atoms with Crippen molar-refractivity contribution in [1.82, 2.24) is 19.7 Å². The molecule has 0 atom stereocenters. The van der Waals surface area contributed by atoms with Gasteiger partial charge in [0.2, 0.25) is 0 Å². The highest BCUT2D eigenvalue weighted by Gasteiger charge is 2.07. The van der Waals surface area contributed by atoms with E-state index < -0.39 is 0 Å². The molecule has 98 valence electrons. The second-order valence-corrected chi connectivity index (χ2v) is 4.42. The van der Waals surface area contributed by atoms with Crippen LogP contribution in [0.2, 0.25) is 0 Å². The van der Waals surface area contributed by atoms with Crippen LogP contribution in [0.5, 0.6) is 0 Å². The number of hydrogen-bond donors (Lipinski definition) is 1. The summed E-state index contributed by atoms with van der Waals surface area (Å²) in [6.07, 6.45) is 8.66. The van der Waals surface area contributed by atoms with Crippen LogP contribution < -0.4 is 5.32 Å². The molecule has 5 nitrogen and oxygen atoms in total. The molecule has 0 saturated carbocycles. The van der Waals surface area contributed by atoms with E-state index >= 15 is 0 Å². The Bertz CT molecular complexity index is 797. The fourth-order valence-corrected chi connectivity index (χ4v) is 2.09. The van der Waals surface area contributed by atoms with Gasteiger partial charge in [0, 0.05) is 19.2 Å². The van der Waals surface area contributed by atoms with Gasteiger partial charge in [0.25, 0.3) is 0 Å². The highest BCUT2D eigenvalue weighted by Crippen LogP contribution is 2.18. The number of rotatable bonds is 3. The number of aryl methyl sites for hydroxylation is 1. The molecular formula is C15H13N5. The maximum absolute atomic E-state index is 5.40. The summed E-state index contributed by atoms with van der Waals surface area (Å²) < 4.78 is 1.76. The monoisotopic (exact) mass is 263 g/mol. The molecule has 0 aliphatic heterocycles. The van der Waals surface area contributed by atoms with Gasteiger partial charge in [-0.2, -0.15) is 5.10 Å². The van der Waals surface area contributed by atoms with Gasteiger partial charge in [-0.25, -0.2) is 9.97 Å². The molecule has 20 heavy (non-hydrogen) atoms. The summed E-state index contributed by atoms with van der Waals surface area (Å²) in [5, 5.41) is 7.49. The fourth-order valence-electron chi connectivity index (χ4n) is 2.09. The average molecular weight is 263 g/mol. The largest absolute Gasteiger partial charge is 0.364 e. The molecular weight excluding hydrogens is 250 g/mol. The normalized spacial score (nSPS) is 10.4. The number of benzene rings is 1. The standard InChI is InChI=1S/C15H13N5/c1-3-11-5-4-6-12(7-11)8-16-15-14-13(17-10-18-15)9-19-20(14)2/h1,4-7,9-10H,8H2,2H3,(H,16,17,18). The van der Waals surface area contributed by atoms with Crippen LogP contribution in [0.1, 0.15) is 11.1 Å². The third-order valence-electron chi connectivity index (χ3n) is 3.08. The number of fused-ring (bicyclic) bond motifs is 1. The van der Waals surface area contributed by atoms with Gasteiger partial charge >= 0.3 is 0 Å². The summed E-state index contributed by atoms with van der Waals surface area (Å²) >= 11 is 0. The zero-order chi connectivity index (χ0) is 13.9. The van der Waals surface area contributed by atoms with Crippen molar-refractivity contribution in [3.63, 3.8) is 0 Å². The molecule has 0 radical (unpaired) electrons. The van der Waals surface area contributed by atoms with Crippen LogP contribution in [0.4, 0.5) is 5.82 Å². The molecule has 0 unspecified atom stereocenters. The van der Waals surface area contributed by atoms with Crippen molar-refractivity contribution in [1.29, 1.82) is 0 Å². The van der Waals surface area contributed by atoms with Crippen molar-refractivity contribution in [3.8, 4) is 12.3 Å². The van der Waals surface area contributed by atoms with Crippen LogP contribution in [0.25, 0.3) is 11.0 Å². The van der Waals surface area contributed by atoms with Gasteiger partial charge in [-0.05, 0) is 17.7 Å². The number of terminal acetylenes is 1. The molecule has 0 fully saturated rings. The van der Waals surface area contributed by atoms with Crippen molar-refractivity contribution in [2.24, 2.45) is 7.05 Å². The Balaban J connectivity index is 1.87. The van der Waals surface area contributed by atoms with Crippen LogP contribution in [-0.4, -0.2) is 19.7 Å². The van der Waals surface area contributed by atoms with E-state index in [1.165, 1.54) is 6.33 Å². The van der Waals surface area contributed by atoms with Crippen LogP contribution in [0.3, 0.4) is 0 Å². The lowest BCUT2D eigenvalue weighted by atomic mass is 10.1. The van der Waals surface area contributed by atoms with Crippen molar-refractivity contribution >= 4 is 16.9 Å². The molecule has 0 aliphatic rings. The Morgan fingerprint density at radius 2 is 2.25 bits per heavy atom. The molecule has 5 heteroatoms. The van der Waals surface area contributed by atoms with E-state index in [-0.39, 0.29) is 0 Å². The number of aromatic nitrogens is 4. The van der Waals surface area contributed by atoms with Gasteiger partial charge in [-0.1, -0.05) is 18.1 Å². The number of hydrogen-bond acceptors (Lipinski definition) is 4. The quantitative estimate of drug-likeness (QED) is 0.734. The van der Waals surface area contributed by atoms with E-state index in [9.17, 15) is 0 Å². The molecule has 2 heterocycles. The van der Waals surface area contributed by atoms with Gasteiger partial charge in [0.1, 0.15) is 17.4 Å². The first-order valence-corrected chi connectivity index (χ1v) is 6.20. The lowest BCUT2D eigenvalue weighted by Gasteiger charge is -2.07. The zero-order valence-electron chi connectivity index (χ0n) is 11.0. The molecule has 0 aliphatic carbocycles. The molecule has 0 bridgehead atoms. The maximum atomic E-state index is 5.40. The molecule has 2 aromatic heterocycles. The van der Waals surface area contributed by atoms with Gasteiger partial charge in [-0.15, -0.1) is 6.42 Å². The SMILES string of the molecule is C#Cc1cccc(CNc2ncnc3cnn(C)c23)c1. The predicted molar refractivity (Wildman–Crippen MR) is 78.0 cm³/mol. The van der Waals surface area contributed by atoms with E-state index in [0.29, 0.717) is 6.54 Å². The Kier molecular flexibility index (Phi) is 3.05. The zero-order valence-corrected chi connectivity index (χ0v) is 11.0. The summed E-state index contributed by atoms with van der Waals surface area (Å²) in [4.78, 5) is 8.46. The van der Waals surface area contributed by atoms with Crippen molar-refractivity contribution in [2.45, 2.75) is 6.54 Å². The summed E-state index contributed by atoms with van der Waals surface area (Å²) in [5.41, 5.74) is 3.69. The smallest absolute Gasteiger partial charge is 0.155 e. The third kappa shape index (κ3) is 2.19. The minimum atomic E-state index is 0.646. The Morgan fingerprint density at radius 3 is 3.10 bits per heavy atom. The average Bonchev–Trinajstić information content (AvgIpc) is 2.88. The summed E-state index contributed by atoms with van der Waals surface area (Å²) in [7, 11) is 1.87. The number of nitrogens with one attached hydrogen (secondary N) is 1. The highest BCUT2D eigenvalue weighted by molar-refractivity contribution is 5.84. The highest BCUT2D eigenvalue weighted by atomic mass is 15.3. The van der Waals surface area contributed by atoms with E-state index in [2.05, 4.69) is 26.3 Å². The van der Waals surface area contributed by atoms with Crippen LogP contribution in [0.15, 0.2) is 36.8 Å². The molecule has 1 aromatic carbocycles.